The summed E-state index contributed by atoms with van der Waals surface area (Å²) in [5.74, 6) is 0.0457. The lowest BCUT2D eigenvalue weighted by Gasteiger charge is -2.06. The number of aromatic nitrogens is 4. The topological polar surface area (TPSA) is 79.1 Å². The Balaban J connectivity index is 2.07. The molecule has 0 aliphatic carbocycles. The van der Waals surface area contributed by atoms with E-state index in [9.17, 15) is 4.79 Å². The Kier molecular flexibility index (Phi) is 4.33. The molecule has 0 saturated heterocycles. The molecule has 0 aliphatic heterocycles. The van der Waals surface area contributed by atoms with Crippen molar-refractivity contribution >= 4 is 17.3 Å². The van der Waals surface area contributed by atoms with E-state index in [1.807, 2.05) is 6.07 Å². The molecule has 0 fully saturated rings. The molecule has 0 atom stereocenters. The predicted octanol–water partition coefficient (Wildman–Crippen LogP) is 2.58. The van der Waals surface area contributed by atoms with Gasteiger partial charge in [0.15, 0.2) is 5.69 Å². The first-order valence-corrected chi connectivity index (χ1v) is 7.77. The maximum atomic E-state index is 12.0. The lowest BCUT2D eigenvalue weighted by molar-refractivity contribution is 0.0519. The van der Waals surface area contributed by atoms with Crippen molar-refractivity contribution in [3.05, 3.63) is 41.8 Å². The maximum Gasteiger partial charge on any atom is 0.358 e. The van der Waals surface area contributed by atoms with E-state index in [0.717, 1.165) is 10.6 Å². The van der Waals surface area contributed by atoms with Gasteiger partial charge in [-0.25, -0.2) is 14.5 Å². The highest BCUT2D eigenvalue weighted by Crippen LogP contribution is 2.27. The van der Waals surface area contributed by atoms with Gasteiger partial charge in [-0.3, -0.25) is 4.98 Å². The molecular formula is C15H14N4O3S. The Bertz CT molecular complexity index is 797. The van der Waals surface area contributed by atoms with E-state index >= 15 is 0 Å². The first-order valence-electron chi connectivity index (χ1n) is 6.89. The fraction of sp³-hybridized carbons (Fsp3) is 0.200. The summed E-state index contributed by atoms with van der Waals surface area (Å²) in [5, 5.41) is 4.35. The molecule has 3 aromatic heterocycles. The first kappa shape index (κ1) is 15.2. The molecule has 3 heterocycles. The predicted molar refractivity (Wildman–Crippen MR) is 85.0 cm³/mol. The molecule has 8 heteroatoms. The zero-order valence-electron chi connectivity index (χ0n) is 12.6. The lowest BCUT2D eigenvalue weighted by atomic mass is 10.3. The Hall–Kier alpha value is -2.74. The summed E-state index contributed by atoms with van der Waals surface area (Å²) in [7, 11) is 1.55. The van der Waals surface area contributed by atoms with E-state index < -0.39 is 5.97 Å². The second-order valence-electron chi connectivity index (χ2n) is 4.47. The zero-order valence-corrected chi connectivity index (χ0v) is 13.4. The van der Waals surface area contributed by atoms with Crippen molar-refractivity contribution in [3.63, 3.8) is 0 Å². The average molecular weight is 330 g/mol. The summed E-state index contributed by atoms with van der Waals surface area (Å²) >= 11 is 1.46. The summed E-state index contributed by atoms with van der Waals surface area (Å²) in [6.07, 6.45) is 3.36. The number of hydrogen-bond donors (Lipinski definition) is 0. The molecule has 0 saturated carbocycles. The number of nitrogens with zero attached hydrogens (tertiary/aromatic N) is 4. The molecule has 7 nitrogen and oxygen atoms in total. The minimum Gasteiger partial charge on any atom is -0.481 e. The summed E-state index contributed by atoms with van der Waals surface area (Å²) in [4.78, 5) is 21.1. The van der Waals surface area contributed by atoms with Gasteiger partial charge >= 0.3 is 5.97 Å². The third kappa shape index (κ3) is 3.07. The highest BCUT2D eigenvalue weighted by molar-refractivity contribution is 7.13. The number of pyridine rings is 1. The molecule has 0 amide bonds. The number of carbonyl (C=O) groups is 1. The van der Waals surface area contributed by atoms with E-state index in [0.29, 0.717) is 18.2 Å². The second kappa shape index (κ2) is 6.57. The smallest absolute Gasteiger partial charge is 0.358 e. The van der Waals surface area contributed by atoms with Gasteiger partial charge in [0.1, 0.15) is 0 Å². The number of rotatable bonds is 5. The van der Waals surface area contributed by atoms with Crippen LogP contribution in [-0.4, -0.2) is 39.4 Å². The first-order chi connectivity index (χ1) is 11.2. The van der Waals surface area contributed by atoms with Crippen molar-refractivity contribution in [3.8, 4) is 22.1 Å². The molecule has 0 unspecified atom stereocenters. The Morgan fingerprint density at radius 1 is 1.35 bits per heavy atom. The summed E-state index contributed by atoms with van der Waals surface area (Å²) in [6.45, 7) is 2.05. The maximum absolute atomic E-state index is 12.0. The summed E-state index contributed by atoms with van der Waals surface area (Å²) < 4.78 is 11.7. The SMILES string of the molecule is CCOC(=O)c1cc(-c2cncs2)n(-c2ccc(OC)nc2)n1. The van der Waals surface area contributed by atoms with E-state index in [-0.39, 0.29) is 5.69 Å². The molecule has 118 valence electrons. The van der Waals surface area contributed by atoms with Crippen molar-refractivity contribution in [1.82, 2.24) is 19.7 Å². The van der Waals surface area contributed by atoms with Gasteiger partial charge < -0.3 is 9.47 Å². The molecule has 0 radical (unpaired) electrons. The van der Waals surface area contributed by atoms with Gasteiger partial charge in [0.2, 0.25) is 5.88 Å². The largest absolute Gasteiger partial charge is 0.481 e. The number of methoxy groups -OCH3 is 1. The summed E-state index contributed by atoms with van der Waals surface area (Å²) in [5.41, 5.74) is 3.43. The molecule has 0 aromatic carbocycles. The van der Waals surface area contributed by atoms with Crippen LogP contribution in [0, 0.1) is 0 Å². The van der Waals surface area contributed by atoms with Crippen molar-refractivity contribution in [2.45, 2.75) is 6.92 Å². The lowest BCUT2D eigenvalue weighted by Crippen LogP contribution is -2.07. The van der Waals surface area contributed by atoms with Crippen LogP contribution in [0.1, 0.15) is 17.4 Å². The van der Waals surface area contributed by atoms with Gasteiger partial charge in [-0.1, -0.05) is 0 Å². The van der Waals surface area contributed by atoms with Gasteiger partial charge in [0.25, 0.3) is 0 Å². The molecule has 0 aliphatic rings. The van der Waals surface area contributed by atoms with E-state index in [4.69, 9.17) is 9.47 Å². The van der Waals surface area contributed by atoms with Crippen LogP contribution in [0.4, 0.5) is 0 Å². The van der Waals surface area contributed by atoms with Crippen molar-refractivity contribution in [2.75, 3.05) is 13.7 Å². The molecule has 3 aromatic rings. The number of carbonyl (C=O) groups excluding carboxylic acids is 1. The van der Waals surface area contributed by atoms with Crippen LogP contribution in [0.3, 0.4) is 0 Å². The second-order valence-corrected chi connectivity index (χ2v) is 5.36. The van der Waals surface area contributed by atoms with E-state index in [1.54, 1.807) is 48.8 Å². The molecule has 0 bridgehead atoms. The van der Waals surface area contributed by atoms with Crippen LogP contribution in [-0.2, 0) is 4.74 Å². The Labute approximate surface area is 136 Å². The van der Waals surface area contributed by atoms with Gasteiger partial charge in [-0.15, -0.1) is 11.3 Å². The van der Waals surface area contributed by atoms with Crippen LogP contribution < -0.4 is 4.74 Å². The van der Waals surface area contributed by atoms with Gasteiger partial charge in [0.05, 0.1) is 41.7 Å². The van der Waals surface area contributed by atoms with Gasteiger partial charge in [-0.2, -0.15) is 5.10 Å². The third-order valence-electron chi connectivity index (χ3n) is 3.05. The van der Waals surface area contributed by atoms with E-state index in [2.05, 4.69) is 15.1 Å². The highest BCUT2D eigenvalue weighted by Gasteiger charge is 2.18. The molecule has 23 heavy (non-hydrogen) atoms. The number of ether oxygens (including phenoxy) is 2. The van der Waals surface area contributed by atoms with Gasteiger partial charge in [0, 0.05) is 18.3 Å². The van der Waals surface area contributed by atoms with Crippen molar-refractivity contribution < 1.29 is 14.3 Å². The number of esters is 1. The molecule has 0 spiro atoms. The minimum atomic E-state index is -0.460. The molecular weight excluding hydrogens is 316 g/mol. The minimum absolute atomic E-state index is 0.242. The Morgan fingerprint density at radius 3 is 2.83 bits per heavy atom. The number of thiazole rings is 1. The fourth-order valence-corrected chi connectivity index (χ4v) is 2.64. The van der Waals surface area contributed by atoms with Crippen LogP contribution in [0.25, 0.3) is 16.3 Å². The average Bonchev–Trinajstić information content (AvgIpc) is 3.24. The summed E-state index contributed by atoms with van der Waals surface area (Å²) in [6, 6.07) is 5.24. The highest BCUT2D eigenvalue weighted by atomic mass is 32.1. The van der Waals surface area contributed by atoms with Crippen LogP contribution >= 0.6 is 11.3 Å². The van der Waals surface area contributed by atoms with Crippen LogP contribution in [0.15, 0.2) is 36.1 Å². The number of hydrogen-bond acceptors (Lipinski definition) is 7. The van der Waals surface area contributed by atoms with E-state index in [1.165, 1.54) is 11.3 Å². The monoisotopic (exact) mass is 330 g/mol. The van der Waals surface area contributed by atoms with Crippen LogP contribution in [0.2, 0.25) is 0 Å². The standard InChI is InChI=1S/C15H14N4O3S/c1-3-22-15(20)11-6-12(13-8-16-9-23-13)19(18-11)10-4-5-14(21-2)17-7-10/h4-9H,3H2,1-2H3. The normalized spacial score (nSPS) is 10.5. The van der Waals surface area contributed by atoms with Gasteiger partial charge in [-0.05, 0) is 13.0 Å². The quantitative estimate of drug-likeness (QED) is 0.669. The van der Waals surface area contributed by atoms with Crippen LogP contribution in [0.5, 0.6) is 5.88 Å². The third-order valence-corrected chi connectivity index (χ3v) is 3.85. The Morgan fingerprint density at radius 2 is 2.22 bits per heavy atom. The van der Waals surface area contributed by atoms with Crippen molar-refractivity contribution in [1.29, 1.82) is 0 Å². The zero-order chi connectivity index (χ0) is 16.2. The fourth-order valence-electron chi connectivity index (χ4n) is 2.02. The molecule has 3 rings (SSSR count). The molecule has 0 N–H and O–H groups in total. The van der Waals surface area contributed by atoms with Crippen molar-refractivity contribution in [2.24, 2.45) is 0 Å².